The lowest BCUT2D eigenvalue weighted by molar-refractivity contribution is 0.668. The zero-order chi connectivity index (χ0) is 97.2. The maximum absolute atomic E-state index is 6.78. The molecule has 6 heteroatoms. The van der Waals surface area contributed by atoms with Gasteiger partial charge in [-0.15, -0.1) is 0 Å². The molecule has 4 aliphatic rings. The normalized spacial score (nSPS) is 13.1. The summed E-state index contributed by atoms with van der Waals surface area (Å²) in [5.74, 6) is 0. The third kappa shape index (κ3) is 12.8. The van der Waals surface area contributed by atoms with Gasteiger partial charge in [0.2, 0.25) is 0 Å². The summed E-state index contributed by atoms with van der Waals surface area (Å²) in [6.45, 7) is 0. The molecule has 0 saturated heterocycles. The largest absolute Gasteiger partial charge is 0.456 e. The monoisotopic (exact) mass is 1880 g/mol. The number of rotatable bonds is 15. The zero-order valence-corrected chi connectivity index (χ0v) is 80.6. The smallest absolute Gasteiger partial charge is 0.135 e. The Labute approximate surface area is 857 Å². The quantitative estimate of drug-likeness (QED) is 0.102. The molecule has 2 aromatic heterocycles. The first kappa shape index (κ1) is 84.3. The van der Waals surface area contributed by atoms with E-state index >= 15 is 0 Å². The van der Waals surface area contributed by atoms with E-state index < -0.39 is 10.8 Å². The second-order valence-electron chi connectivity index (χ2n) is 39.4. The molecule has 0 saturated carbocycles. The molecule has 2 spiro atoms. The minimum Gasteiger partial charge on any atom is -0.456 e. The first-order chi connectivity index (χ1) is 73.4. The molecule has 0 bridgehead atoms. The predicted molar refractivity (Wildman–Crippen MR) is 615 cm³/mol. The van der Waals surface area contributed by atoms with Crippen LogP contribution in [0.2, 0.25) is 0 Å². The zero-order valence-electron chi connectivity index (χ0n) is 80.6. The maximum Gasteiger partial charge on any atom is 0.135 e. The molecule has 0 radical (unpaired) electrons. The van der Waals surface area contributed by atoms with Crippen molar-refractivity contribution in [2.75, 3.05) is 19.6 Å². The van der Waals surface area contributed by atoms with E-state index in [4.69, 9.17) is 8.83 Å². The van der Waals surface area contributed by atoms with Crippen molar-refractivity contribution in [2.24, 2.45) is 0 Å². The molecule has 2 aliphatic carbocycles. The molecular weight excluding hydrogens is 1790 g/mol. The highest BCUT2D eigenvalue weighted by Crippen LogP contribution is 2.68. The van der Waals surface area contributed by atoms with Crippen LogP contribution in [0.15, 0.2) is 555 Å². The van der Waals surface area contributed by atoms with Crippen molar-refractivity contribution in [3.63, 3.8) is 0 Å². The van der Waals surface area contributed by atoms with Gasteiger partial charge in [0.05, 0.1) is 50.6 Å². The summed E-state index contributed by atoms with van der Waals surface area (Å²) in [4.78, 5) is 10.1. The fraction of sp³-hybridized carbons (Fsp3) is 0.0141. The van der Waals surface area contributed by atoms with Crippen LogP contribution in [0.4, 0.5) is 68.2 Å². The van der Waals surface area contributed by atoms with E-state index in [0.717, 1.165) is 179 Å². The molecule has 0 amide bonds. The van der Waals surface area contributed by atoms with Gasteiger partial charge in [-0.1, -0.05) is 400 Å². The average molecular weight is 1880 g/mol. The number of para-hydroxylation sites is 9. The minimum absolute atomic E-state index is 0.767. The van der Waals surface area contributed by atoms with Crippen LogP contribution < -0.4 is 19.6 Å². The van der Waals surface area contributed by atoms with Crippen molar-refractivity contribution in [3.05, 3.63) is 590 Å². The van der Waals surface area contributed by atoms with Crippen molar-refractivity contribution in [1.82, 2.24) is 0 Å². The van der Waals surface area contributed by atoms with Crippen molar-refractivity contribution in [3.8, 4) is 100 Å². The molecule has 690 valence electrons. The van der Waals surface area contributed by atoms with E-state index in [0.29, 0.717) is 0 Å². The summed E-state index contributed by atoms with van der Waals surface area (Å²) < 4.78 is 13.3. The van der Waals surface area contributed by atoms with Crippen LogP contribution >= 0.6 is 0 Å². The summed E-state index contributed by atoms with van der Waals surface area (Å²) in [5, 5.41) is 9.07. The Hall–Kier alpha value is -19.4. The van der Waals surface area contributed by atoms with Gasteiger partial charge in [0.15, 0.2) is 0 Å². The Balaban J connectivity index is 0.608. The summed E-state index contributed by atoms with van der Waals surface area (Å²) in [7, 11) is 0. The summed E-state index contributed by atoms with van der Waals surface area (Å²) in [6, 6.07) is 204. The first-order valence-corrected chi connectivity index (χ1v) is 51.1. The highest BCUT2D eigenvalue weighted by atomic mass is 16.3. The Morgan fingerprint density at radius 2 is 0.480 bits per heavy atom. The van der Waals surface area contributed by atoms with Crippen molar-refractivity contribution >= 4 is 134 Å². The van der Waals surface area contributed by atoms with Gasteiger partial charge in [0, 0.05) is 66.7 Å². The van der Waals surface area contributed by atoms with E-state index in [1.54, 1.807) is 0 Å². The van der Waals surface area contributed by atoms with Crippen LogP contribution in [0, 0.1) is 0 Å². The Morgan fingerprint density at radius 3 is 1.01 bits per heavy atom. The van der Waals surface area contributed by atoms with Gasteiger partial charge in [-0.2, -0.15) is 0 Å². The number of hydrogen-bond donors (Lipinski definition) is 0. The number of furan rings is 2. The molecule has 0 N–H and O–H groups in total. The van der Waals surface area contributed by atoms with Gasteiger partial charge in [0.25, 0.3) is 0 Å². The van der Waals surface area contributed by atoms with Gasteiger partial charge in [-0.3, -0.25) is 0 Å². The second-order valence-corrected chi connectivity index (χ2v) is 39.4. The number of benzene rings is 24. The summed E-state index contributed by atoms with van der Waals surface area (Å²) in [5.41, 5.74) is 44.5. The van der Waals surface area contributed by atoms with E-state index in [1.807, 2.05) is 6.07 Å². The van der Waals surface area contributed by atoms with E-state index in [1.165, 1.54) is 99.4 Å². The first-order valence-electron chi connectivity index (χ1n) is 51.1. The van der Waals surface area contributed by atoms with Crippen LogP contribution in [0.25, 0.3) is 166 Å². The highest BCUT2D eigenvalue weighted by molar-refractivity contribution is 6.12. The third-order valence-electron chi connectivity index (χ3n) is 31.8. The Kier molecular flexibility index (Phi) is 19.2. The number of fused-ring (bicyclic) bond motifs is 26. The van der Waals surface area contributed by atoms with E-state index in [2.05, 4.69) is 560 Å². The summed E-state index contributed by atoms with van der Waals surface area (Å²) in [6.07, 6.45) is 0. The van der Waals surface area contributed by atoms with Gasteiger partial charge >= 0.3 is 0 Å². The lowest BCUT2D eigenvalue weighted by atomic mass is 9.64. The van der Waals surface area contributed by atoms with Gasteiger partial charge in [-0.05, 0) is 295 Å². The van der Waals surface area contributed by atoms with E-state index in [-0.39, 0.29) is 0 Å². The topological polar surface area (TPSA) is 39.2 Å². The van der Waals surface area contributed by atoms with Crippen LogP contribution in [0.1, 0.15) is 44.5 Å². The molecule has 24 aromatic carbocycles. The summed E-state index contributed by atoms with van der Waals surface area (Å²) >= 11 is 0. The van der Waals surface area contributed by atoms with Gasteiger partial charge < -0.3 is 28.4 Å². The predicted octanol–water partition coefficient (Wildman–Crippen LogP) is 38.7. The lowest BCUT2D eigenvalue weighted by Gasteiger charge is -2.45. The minimum atomic E-state index is -0.826. The molecule has 30 rings (SSSR count). The Bertz CT molecular complexity index is 9870. The molecule has 4 heterocycles. The van der Waals surface area contributed by atoms with Crippen LogP contribution in [0.5, 0.6) is 0 Å². The fourth-order valence-electron chi connectivity index (χ4n) is 25.6. The molecule has 148 heavy (non-hydrogen) atoms. The van der Waals surface area contributed by atoms with Crippen molar-refractivity contribution in [2.45, 2.75) is 10.8 Å². The molecule has 2 aliphatic heterocycles. The maximum atomic E-state index is 6.78. The molecule has 26 aromatic rings. The van der Waals surface area contributed by atoms with Crippen molar-refractivity contribution in [1.29, 1.82) is 0 Å². The standard InChI is InChI=1S/C142H90N4O2/c1-2-42-98(43-3-1)144-133-68-26-20-62-124(133)141(125-63-21-27-69-134(125)144)122-60-18-13-53-112(122)114-80-78-102(90-129(114)141)145(131-67-25-15-55-116(131)110-51-11-9-49-108(110)106-59-35-39-92-37-5-7-47-104(92)106)132-81-74-95(86-119(132)97-76-83-140-121(88-97)118-57-17-31-73-138(118)148-140)94-41-33-45-100(85-94)146-135-70-28-22-64-126(135)142(127-65-23-29-71-136(127)146)123-61-19-12-52-111(123)113-79-77-101(89-128(113)142)143(99-44-32-40-93(84-99)96-75-82-139-120(87-96)117-56-16-30-72-137(117)147-139)130-66-24-14-54-115(130)109-50-10-8-48-107(109)105-58-34-38-91-36-4-6-46-103(91)105/h1-90H. The fourth-order valence-corrected chi connectivity index (χ4v) is 25.6. The van der Waals surface area contributed by atoms with Crippen LogP contribution in [-0.4, -0.2) is 0 Å². The Morgan fingerprint density at radius 1 is 0.155 bits per heavy atom. The second kappa shape index (κ2) is 33.6. The van der Waals surface area contributed by atoms with Crippen LogP contribution in [0.3, 0.4) is 0 Å². The van der Waals surface area contributed by atoms with Gasteiger partial charge in [0.1, 0.15) is 22.3 Å². The third-order valence-corrected chi connectivity index (χ3v) is 31.8. The molecule has 6 nitrogen and oxygen atoms in total. The molecular formula is C142H90N4O2. The molecule has 0 atom stereocenters. The van der Waals surface area contributed by atoms with E-state index in [9.17, 15) is 0 Å². The molecule has 0 unspecified atom stereocenters. The lowest BCUT2D eigenvalue weighted by Crippen LogP contribution is -2.36. The number of nitrogens with zero attached hydrogens (tertiary/aromatic N) is 4. The van der Waals surface area contributed by atoms with Gasteiger partial charge in [-0.25, -0.2) is 0 Å². The van der Waals surface area contributed by atoms with Crippen molar-refractivity contribution < 1.29 is 8.83 Å². The number of anilines is 12. The number of hydrogen-bond acceptors (Lipinski definition) is 6. The SMILES string of the molecule is c1ccc(N2c3ccccc3C3(c4ccccc4-c4ccc(N(c5ccc(-c6cccc(N7c8ccccc8C8(c9ccccc9-c9ccc(N(c%10cccc(-c%11ccc%12oc%13ccccc%13c%12c%11)c%10)c%10ccccc%10-c%10ccccc%10-c%10cccc%11ccccc%10%11)cc98)c8ccccc87)c6)cc5-c5ccc6oc7ccccc7c6c5)c5ccccc5-c5ccccc5-c5cccc6ccccc56)cc43)c3ccccc32)cc1. The molecule has 0 fully saturated rings. The average Bonchev–Trinajstić information content (AvgIpc) is 1.52. The van der Waals surface area contributed by atoms with Crippen LogP contribution in [-0.2, 0) is 10.8 Å². The highest BCUT2D eigenvalue weighted by Gasteiger charge is 2.54.